The maximum atomic E-state index is 5.54. The fraction of sp³-hybridized carbons (Fsp3) is 0.625. The van der Waals surface area contributed by atoms with Crippen LogP contribution in [0.4, 0.5) is 5.82 Å². The van der Waals surface area contributed by atoms with E-state index in [0.717, 1.165) is 12.4 Å². The van der Waals surface area contributed by atoms with Gasteiger partial charge < -0.3 is 15.0 Å². The molecule has 0 aliphatic heterocycles. The van der Waals surface area contributed by atoms with E-state index in [2.05, 4.69) is 11.9 Å². The first kappa shape index (κ1) is 9.06. The van der Waals surface area contributed by atoms with E-state index >= 15 is 0 Å². The topological polar surface area (TPSA) is 53.1 Å². The minimum atomic E-state index is 0.543. The molecule has 4 nitrogen and oxygen atoms in total. The molecule has 1 heterocycles. The summed E-state index contributed by atoms with van der Waals surface area (Å²) in [5.41, 5.74) is 5.54. The van der Waals surface area contributed by atoms with Gasteiger partial charge in [0, 0.05) is 19.3 Å². The summed E-state index contributed by atoms with van der Waals surface area (Å²) in [5, 5.41) is 0. The monoisotopic (exact) mass is 169 g/mol. The van der Waals surface area contributed by atoms with Crippen LogP contribution in [0.1, 0.15) is 19.7 Å². The largest absolute Gasteiger partial charge is 0.382 e. The number of aryl methyl sites for hydroxylation is 1. The molecular weight excluding hydrogens is 154 g/mol. The van der Waals surface area contributed by atoms with Gasteiger partial charge in [-0.2, -0.15) is 0 Å². The molecule has 0 radical (unpaired) electrons. The zero-order valence-corrected chi connectivity index (χ0v) is 7.58. The average molecular weight is 169 g/mol. The SMILES string of the molecule is CCOCc1nc(N)cn1CC. The highest BCUT2D eigenvalue weighted by Gasteiger charge is 2.03. The molecule has 0 saturated heterocycles. The second kappa shape index (κ2) is 4.11. The lowest BCUT2D eigenvalue weighted by Gasteiger charge is -2.02. The quantitative estimate of drug-likeness (QED) is 0.732. The van der Waals surface area contributed by atoms with Gasteiger partial charge in [0.1, 0.15) is 18.2 Å². The van der Waals surface area contributed by atoms with Crippen LogP contribution in [0.3, 0.4) is 0 Å². The highest BCUT2D eigenvalue weighted by molar-refractivity contribution is 5.25. The third-order valence-corrected chi connectivity index (χ3v) is 1.65. The minimum Gasteiger partial charge on any atom is -0.382 e. The molecular formula is C8H15N3O. The van der Waals surface area contributed by atoms with Crippen LogP contribution >= 0.6 is 0 Å². The summed E-state index contributed by atoms with van der Waals surface area (Å²) in [7, 11) is 0. The molecule has 2 N–H and O–H groups in total. The molecule has 0 aliphatic carbocycles. The zero-order valence-electron chi connectivity index (χ0n) is 7.58. The van der Waals surface area contributed by atoms with Crippen LogP contribution in [0.2, 0.25) is 0 Å². The van der Waals surface area contributed by atoms with E-state index in [4.69, 9.17) is 10.5 Å². The van der Waals surface area contributed by atoms with Crippen LogP contribution in [0.5, 0.6) is 0 Å². The molecule has 0 saturated carbocycles. The first-order valence-corrected chi connectivity index (χ1v) is 4.17. The summed E-state index contributed by atoms with van der Waals surface area (Å²) in [6.45, 7) is 6.14. The summed E-state index contributed by atoms with van der Waals surface area (Å²) in [6, 6.07) is 0. The molecule has 0 atom stereocenters. The van der Waals surface area contributed by atoms with Crippen LogP contribution < -0.4 is 5.73 Å². The van der Waals surface area contributed by atoms with Crippen molar-refractivity contribution in [3.05, 3.63) is 12.0 Å². The fourth-order valence-electron chi connectivity index (χ4n) is 1.06. The van der Waals surface area contributed by atoms with Gasteiger partial charge in [-0.15, -0.1) is 0 Å². The third kappa shape index (κ3) is 1.98. The number of hydrogen-bond acceptors (Lipinski definition) is 3. The Morgan fingerprint density at radius 2 is 2.33 bits per heavy atom. The molecule has 0 bridgehead atoms. The smallest absolute Gasteiger partial charge is 0.142 e. The number of imidazole rings is 1. The first-order chi connectivity index (χ1) is 5.77. The van der Waals surface area contributed by atoms with Gasteiger partial charge in [-0.05, 0) is 13.8 Å². The predicted molar refractivity (Wildman–Crippen MR) is 47.6 cm³/mol. The van der Waals surface area contributed by atoms with Crippen LogP contribution in [-0.2, 0) is 17.9 Å². The molecule has 4 heteroatoms. The maximum absolute atomic E-state index is 5.54. The van der Waals surface area contributed by atoms with Crippen molar-refractivity contribution in [2.75, 3.05) is 12.3 Å². The Morgan fingerprint density at radius 1 is 1.58 bits per heavy atom. The van der Waals surface area contributed by atoms with Crippen molar-refractivity contribution in [3.63, 3.8) is 0 Å². The van der Waals surface area contributed by atoms with Gasteiger partial charge in [0.2, 0.25) is 0 Å². The first-order valence-electron chi connectivity index (χ1n) is 4.17. The van der Waals surface area contributed by atoms with Gasteiger partial charge >= 0.3 is 0 Å². The van der Waals surface area contributed by atoms with Gasteiger partial charge in [-0.1, -0.05) is 0 Å². The zero-order chi connectivity index (χ0) is 8.97. The second-order valence-electron chi connectivity index (χ2n) is 2.51. The molecule has 1 aromatic heterocycles. The number of nitrogens with zero attached hydrogens (tertiary/aromatic N) is 2. The lowest BCUT2D eigenvalue weighted by molar-refractivity contribution is 0.126. The Hall–Kier alpha value is -1.03. The van der Waals surface area contributed by atoms with Gasteiger partial charge in [-0.25, -0.2) is 4.98 Å². The molecule has 0 fully saturated rings. The Balaban J connectivity index is 2.68. The molecule has 1 aromatic rings. The molecule has 0 unspecified atom stereocenters. The molecule has 0 spiro atoms. The number of anilines is 1. The molecule has 0 aliphatic rings. The van der Waals surface area contributed by atoms with E-state index in [1.54, 1.807) is 0 Å². The lowest BCUT2D eigenvalue weighted by atomic mass is 10.6. The van der Waals surface area contributed by atoms with Gasteiger partial charge in [0.05, 0.1) is 0 Å². The van der Waals surface area contributed by atoms with Gasteiger partial charge in [0.25, 0.3) is 0 Å². The van der Waals surface area contributed by atoms with Crippen molar-refractivity contribution >= 4 is 5.82 Å². The predicted octanol–water partition coefficient (Wildman–Crippen LogP) is 1.02. The van der Waals surface area contributed by atoms with E-state index in [-0.39, 0.29) is 0 Å². The lowest BCUT2D eigenvalue weighted by Crippen LogP contribution is -2.03. The summed E-state index contributed by atoms with van der Waals surface area (Å²) >= 11 is 0. The van der Waals surface area contributed by atoms with Gasteiger partial charge in [-0.3, -0.25) is 0 Å². The molecule has 68 valence electrons. The van der Waals surface area contributed by atoms with Crippen LogP contribution in [0.15, 0.2) is 6.20 Å². The van der Waals surface area contributed by atoms with Gasteiger partial charge in [0.15, 0.2) is 0 Å². The van der Waals surface area contributed by atoms with E-state index in [1.165, 1.54) is 0 Å². The van der Waals surface area contributed by atoms with Crippen molar-refractivity contribution in [3.8, 4) is 0 Å². The Bertz CT molecular complexity index is 244. The van der Waals surface area contributed by atoms with Crippen LogP contribution in [-0.4, -0.2) is 16.2 Å². The van der Waals surface area contributed by atoms with E-state index in [1.807, 2.05) is 17.7 Å². The maximum Gasteiger partial charge on any atom is 0.142 e. The highest BCUT2D eigenvalue weighted by atomic mass is 16.5. The molecule has 1 rings (SSSR count). The van der Waals surface area contributed by atoms with Crippen molar-refractivity contribution in [2.45, 2.75) is 27.0 Å². The molecule has 0 amide bonds. The Morgan fingerprint density at radius 3 is 2.92 bits per heavy atom. The van der Waals surface area contributed by atoms with E-state index in [0.29, 0.717) is 19.0 Å². The summed E-state index contributed by atoms with van der Waals surface area (Å²) in [6.07, 6.45) is 1.83. The van der Waals surface area contributed by atoms with Crippen molar-refractivity contribution < 1.29 is 4.74 Å². The van der Waals surface area contributed by atoms with Crippen molar-refractivity contribution in [2.24, 2.45) is 0 Å². The Kier molecular flexibility index (Phi) is 3.10. The number of aromatic nitrogens is 2. The average Bonchev–Trinajstić information content (AvgIpc) is 2.42. The van der Waals surface area contributed by atoms with Crippen molar-refractivity contribution in [1.29, 1.82) is 0 Å². The Labute approximate surface area is 72.3 Å². The summed E-state index contributed by atoms with van der Waals surface area (Å²) < 4.78 is 7.23. The standard InChI is InChI=1S/C8H15N3O/c1-3-11-5-7(9)10-8(11)6-12-4-2/h5H,3-4,6,9H2,1-2H3. The normalized spacial score (nSPS) is 10.5. The van der Waals surface area contributed by atoms with E-state index < -0.39 is 0 Å². The van der Waals surface area contributed by atoms with Crippen molar-refractivity contribution in [1.82, 2.24) is 9.55 Å². The number of rotatable bonds is 4. The fourth-order valence-corrected chi connectivity index (χ4v) is 1.06. The third-order valence-electron chi connectivity index (χ3n) is 1.65. The number of nitrogen functional groups attached to an aromatic ring is 1. The summed E-state index contributed by atoms with van der Waals surface area (Å²) in [5.74, 6) is 1.46. The number of ether oxygens (including phenoxy) is 1. The van der Waals surface area contributed by atoms with E-state index in [9.17, 15) is 0 Å². The van der Waals surface area contributed by atoms with Crippen LogP contribution in [0, 0.1) is 0 Å². The molecule has 12 heavy (non-hydrogen) atoms. The van der Waals surface area contributed by atoms with Crippen LogP contribution in [0.25, 0.3) is 0 Å². The highest BCUT2D eigenvalue weighted by Crippen LogP contribution is 2.05. The molecule has 0 aromatic carbocycles. The summed E-state index contributed by atoms with van der Waals surface area (Å²) in [4.78, 5) is 4.13. The number of nitrogens with two attached hydrogens (primary N) is 1. The second-order valence-corrected chi connectivity index (χ2v) is 2.51. The number of hydrogen-bond donors (Lipinski definition) is 1. The minimum absolute atomic E-state index is 0.543.